The summed E-state index contributed by atoms with van der Waals surface area (Å²) in [5.74, 6) is -17.4. The number of halogens is 10. The van der Waals surface area contributed by atoms with E-state index in [4.69, 9.17) is 14.7 Å². The molecule has 0 N–H and O–H groups in total. The van der Waals surface area contributed by atoms with Gasteiger partial charge in [-0.3, -0.25) is 0 Å². The van der Waals surface area contributed by atoms with Gasteiger partial charge in [0.15, 0.2) is 41.6 Å². The number of ether oxygens (including phenoxy) is 2. The first-order valence-electron chi connectivity index (χ1n) is 29.5. The highest BCUT2D eigenvalue weighted by Crippen LogP contribution is 2.35. The molecule has 0 fully saturated rings. The van der Waals surface area contributed by atoms with Crippen molar-refractivity contribution in [3.05, 3.63) is 282 Å². The van der Waals surface area contributed by atoms with E-state index in [1.165, 1.54) is 74.8 Å². The number of hydrogen-bond donors (Lipinski definition) is 0. The summed E-state index contributed by atoms with van der Waals surface area (Å²) in [5, 5.41) is 30.1. The lowest BCUT2D eigenvalue weighted by atomic mass is 10.0. The van der Waals surface area contributed by atoms with Crippen LogP contribution in [-0.4, -0.2) is 88.2 Å². The smallest absolute Gasteiger partial charge is 0.339 e. The Balaban J connectivity index is 0.000000321. The zero-order valence-corrected chi connectivity index (χ0v) is 70.8. The number of carboxylic acids is 2. The Labute approximate surface area is 671 Å². The average molecular weight is 2100 g/mol. The molecule has 0 aliphatic rings. The molecule has 2 atom stereocenters. The topological polar surface area (TPSA) is 199 Å². The molecule has 0 saturated carbocycles. The highest BCUT2D eigenvalue weighted by molar-refractivity contribution is 14.1. The van der Waals surface area contributed by atoms with Gasteiger partial charge >= 0.3 is 23.8 Å². The molecule has 0 heterocycles. The highest BCUT2D eigenvalue weighted by Gasteiger charge is 2.47. The minimum atomic E-state index is -4.26. The van der Waals surface area contributed by atoms with Gasteiger partial charge in [0.2, 0.25) is 0 Å². The number of benzene rings is 9. The maximum Gasteiger partial charge on any atom is 0.339 e. The van der Waals surface area contributed by atoms with Crippen molar-refractivity contribution in [1.82, 2.24) is 0 Å². The van der Waals surface area contributed by atoms with Crippen LogP contribution in [0.15, 0.2) is 266 Å². The molecule has 0 aliphatic heterocycles. The van der Waals surface area contributed by atoms with Gasteiger partial charge in [0.1, 0.15) is 18.5 Å². The van der Waals surface area contributed by atoms with E-state index in [1.807, 2.05) is 148 Å². The SMILES string of the molecule is CC(C)C(OC(=O)c1cc(I)cc(I)c1I)C(F)(F)C(=O)[O-].CC(C)C(OC(=O)c1cc(I)cc(I)c1I)C(F)(F)C(=O)[O-].CS(=O)(=O)O[O-].C[N+](C)(C)Cc1ccccc1.[CH3-].c1ccc([S+](c2ccccc2)c2ccccc2)cc1.c1ccc([S+](c2ccccc2)c2ccccc2)cc1. The summed E-state index contributed by atoms with van der Waals surface area (Å²) >= 11 is 11.8. The molecule has 0 saturated heterocycles. The van der Waals surface area contributed by atoms with Crippen LogP contribution in [0, 0.1) is 40.7 Å². The van der Waals surface area contributed by atoms with E-state index in [0.717, 1.165) is 25.3 Å². The zero-order chi connectivity index (χ0) is 73.8. The molecule has 26 heteroatoms. The lowest BCUT2D eigenvalue weighted by Crippen LogP contribution is -2.53. The fourth-order valence-corrected chi connectivity index (χ4v) is 17.5. The van der Waals surface area contributed by atoms with Crippen LogP contribution in [0.4, 0.5) is 17.6 Å². The minimum absolute atomic E-state index is 0. The second-order valence-electron chi connectivity index (χ2n) is 22.7. The minimum Gasteiger partial charge on any atom is -0.707 e. The fraction of sp³-hybridized carbons (Fsp3) is 0.203. The highest BCUT2D eigenvalue weighted by atomic mass is 127. The van der Waals surface area contributed by atoms with Crippen LogP contribution in [0.2, 0.25) is 0 Å². The third-order valence-electron chi connectivity index (χ3n) is 12.9. The van der Waals surface area contributed by atoms with Crippen LogP contribution < -0.4 is 15.5 Å². The monoisotopic (exact) mass is 2100 g/mol. The molecule has 0 spiro atoms. The van der Waals surface area contributed by atoms with E-state index in [-0.39, 0.29) is 40.3 Å². The number of quaternary nitrogens is 1. The largest absolute Gasteiger partial charge is 0.707 e. The van der Waals surface area contributed by atoms with Crippen molar-refractivity contribution in [2.45, 2.75) is 87.7 Å². The third-order valence-corrected chi connectivity index (χ3v) is 24.9. The number of rotatable bonds is 19. The predicted molar refractivity (Wildman–Crippen MR) is 431 cm³/mol. The Kier molecular flexibility index (Phi) is 39.2. The Morgan fingerprint density at radius 3 is 0.860 bits per heavy atom. The van der Waals surface area contributed by atoms with Gasteiger partial charge in [-0.2, -0.15) is 17.6 Å². The van der Waals surface area contributed by atoms with Gasteiger partial charge in [0.05, 0.1) is 60.3 Å². The van der Waals surface area contributed by atoms with Crippen molar-refractivity contribution in [2.75, 3.05) is 27.4 Å². The number of carbonyl (C=O) groups is 4. The molecule has 0 bridgehead atoms. The van der Waals surface area contributed by atoms with Gasteiger partial charge in [0, 0.05) is 27.0 Å². The second-order valence-corrected chi connectivity index (χ2v) is 35.2. The van der Waals surface area contributed by atoms with Gasteiger partial charge in [-0.25, -0.2) is 18.0 Å². The van der Waals surface area contributed by atoms with E-state index in [0.29, 0.717) is 13.4 Å². The van der Waals surface area contributed by atoms with Crippen molar-refractivity contribution in [1.29, 1.82) is 0 Å². The number of alkyl halides is 4. The van der Waals surface area contributed by atoms with Crippen LogP contribution in [0.25, 0.3) is 0 Å². The maximum absolute atomic E-state index is 13.7. The second kappa shape index (κ2) is 43.7. The number of hydrogen-bond acceptors (Lipinski definition) is 12. The van der Waals surface area contributed by atoms with Gasteiger partial charge < -0.3 is 50.8 Å². The number of carboxylic acid groups (broad SMARTS) is 2. The molecule has 0 radical (unpaired) electrons. The summed E-state index contributed by atoms with van der Waals surface area (Å²) in [6.45, 7) is 6.48. The lowest BCUT2D eigenvalue weighted by molar-refractivity contribution is -0.884. The first-order valence-corrected chi connectivity index (χ1v) is 40.3. The summed E-state index contributed by atoms with van der Waals surface area (Å²) in [6.07, 6.45) is -3.52. The standard InChI is InChI=1S/2C18H15S.2C13H11F2I3O4.C10H16N.CH4O4S.CH3/c2*1-4-10-16(11-5-1)19(17-12-6-2-7-13-17)18-14-8-3-9-15-18;2*1-5(2)10(13(14,15)12(20)21)22-11(19)7-3-6(16)4-8(17)9(7)18;1-11(2,3)9-10-7-5-4-6-8-10;1-6(3,4)5-2;/h2*1-15H;2*3-5,10H,1-2H3,(H,20,21);4-8H,9H2,1-3H3;2H,1H3;1H3/q2*+1;;;+1;;-1/p-3. The van der Waals surface area contributed by atoms with Crippen LogP contribution in [0.3, 0.4) is 0 Å². The Bertz CT molecular complexity index is 3700. The summed E-state index contributed by atoms with van der Waals surface area (Å²) < 4.78 is 90.9. The van der Waals surface area contributed by atoms with E-state index in [1.54, 1.807) is 0 Å². The van der Waals surface area contributed by atoms with Gasteiger partial charge in [-0.15, -0.1) is 0 Å². The predicted octanol–water partition coefficient (Wildman–Crippen LogP) is 16.3. The number of aliphatic carboxylic acids is 2. The lowest BCUT2D eigenvalue weighted by Gasteiger charge is -2.30. The molecule has 100 heavy (non-hydrogen) atoms. The quantitative estimate of drug-likeness (QED) is 0.00855. The zero-order valence-electron chi connectivity index (χ0n) is 55.4. The molecule has 13 nitrogen and oxygen atoms in total. The normalized spacial score (nSPS) is 11.8. The van der Waals surface area contributed by atoms with Gasteiger partial charge in [-0.1, -0.05) is 167 Å². The third kappa shape index (κ3) is 29.9. The van der Waals surface area contributed by atoms with E-state index >= 15 is 0 Å². The molecule has 0 aromatic heterocycles. The van der Waals surface area contributed by atoms with Crippen molar-refractivity contribution in [2.24, 2.45) is 11.8 Å². The van der Waals surface area contributed by atoms with Crippen LogP contribution in [0.1, 0.15) is 54.0 Å². The molecule has 2 unspecified atom stereocenters. The van der Waals surface area contributed by atoms with Gasteiger partial charge in [0.25, 0.3) is 10.1 Å². The molecule has 9 aromatic rings. The van der Waals surface area contributed by atoms with Crippen molar-refractivity contribution >= 4 is 191 Å². The first-order chi connectivity index (χ1) is 46.5. The van der Waals surface area contributed by atoms with E-state index < -0.39 is 69.9 Å². The molecule has 534 valence electrons. The van der Waals surface area contributed by atoms with Crippen LogP contribution in [0.5, 0.6) is 0 Å². The van der Waals surface area contributed by atoms with Crippen LogP contribution in [-0.2, 0) is 61.8 Å². The molecule has 9 aromatic carbocycles. The molecular formula is C74H72F4I6NO12S3-. The fourth-order valence-electron chi connectivity index (χ4n) is 8.54. The Morgan fingerprint density at radius 2 is 0.670 bits per heavy atom. The van der Waals surface area contributed by atoms with E-state index in [2.05, 4.69) is 238 Å². The first kappa shape index (κ1) is 89.7. The summed E-state index contributed by atoms with van der Waals surface area (Å²) in [5.41, 5.74) is 1.65. The maximum atomic E-state index is 13.7. The number of nitrogens with zero attached hydrogens (tertiary/aromatic N) is 1. The Morgan fingerprint density at radius 1 is 0.450 bits per heavy atom. The number of carbonyl (C=O) groups excluding carboxylic acids is 4. The Hall–Kier alpha value is -4.51. The van der Waals surface area contributed by atoms with Crippen LogP contribution >= 0.6 is 136 Å². The van der Waals surface area contributed by atoms with E-state index in [9.17, 15) is 55.4 Å². The van der Waals surface area contributed by atoms with Crippen molar-refractivity contribution in [3.63, 3.8) is 0 Å². The molecule has 0 amide bonds. The van der Waals surface area contributed by atoms with Crippen molar-refractivity contribution < 1.29 is 78.9 Å². The molecular weight excluding hydrogens is 2030 g/mol. The van der Waals surface area contributed by atoms with Crippen molar-refractivity contribution in [3.8, 4) is 0 Å². The molecule has 0 aliphatic carbocycles. The summed E-state index contributed by atoms with van der Waals surface area (Å²) in [7, 11) is 2.86. The summed E-state index contributed by atoms with van der Waals surface area (Å²) in [6, 6.07) is 81.5. The average Bonchev–Trinajstić information content (AvgIpc) is 0.827. The number of esters is 2. The van der Waals surface area contributed by atoms with Gasteiger partial charge in [-0.05, 0) is 244 Å². The summed E-state index contributed by atoms with van der Waals surface area (Å²) in [4.78, 5) is 53.7. The molecule has 9 rings (SSSR count).